The zero-order valence-corrected chi connectivity index (χ0v) is 13.7. The number of carbonyl (C=O) groups is 1. The van der Waals surface area contributed by atoms with Crippen molar-refractivity contribution in [2.45, 2.75) is 45.1 Å². The first-order chi connectivity index (χ1) is 11.6. The van der Waals surface area contributed by atoms with Gasteiger partial charge in [-0.2, -0.15) is 0 Å². The summed E-state index contributed by atoms with van der Waals surface area (Å²) in [5.41, 5.74) is 1.23. The average Bonchev–Trinajstić information content (AvgIpc) is 2.57. The van der Waals surface area contributed by atoms with Gasteiger partial charge in [0.15, 0.2) is 0 Å². The highest BCUT2D eigenvalue weighted by molar-refractivity contribution is 5.92. The monoisotopic (exact) mass is 328 g/mol. The highest BCUT2D eigenvalue weighted by atomic mass is 19.1. The zero-order chi connectivity index (χ0) is 16.9. The van der Waals surface area contributed by atoms with Crippen molar-refractivity contribution in [2.24, 2.45) is 0 Å². The van der Waals surface area contributed by atoms with Gasteiger partial charge in [-0.05, 0) is 38.0 Å². The van der Waals surface area contributed by atoms with E-state index < -0.39 is 5.82 Å². The normalized spacial score (nSPS) is 15.1. The molecule has 1 amide bonds. The summed E-state index contributed by atoms with van der Waals surface area (Å²) < 4.78 is 13.7. The predicted molar refractivity (Wildman–Crippen MR) is 90.8 cm³/mol. The van der Waals surface area contributed by atoms with E-state index in [0.29, 0.717) is 11.4 Å². The maximum atomic E-state index is 13.7. The predicted octanol–water partition coefficient (Wildman–Crippen LogP) is 3.73. The summed E-state index contributed by atoms with van der Waals surface area (Å²) in [6, 6.07) is 8.14. The number of carbonyl (C=O) groups excluding carboxylic acids is 1. The Kier molecular flexibility index (Phi) is 5.03. The van der Waals surface area contributed by atoms with E-state index in [9.17, 15) is 9.18 Å². The van der Waals surface area contributed by atoms with Crippen LogP contribution in [0.4, 0.5) is 16.0 Å². The van der Waals surface area contributed by atoms with E-state index in [2.05, 4.69) is 20.6 Å². The van der Waals surface area contributed by atoms with Crippen molar-refractivity contribution < 1.29 is 9.18 Å². The Morgan fingerprint density at radius 1 is 1.17 bits per heavy atom. The summed E-state index contributed by atoms with van der Waals surface area (Å²) in [4.78, 5) is 20.9. The molecule has 0 saturated heterocycles. The molecule has 1 heterocycles. The van der Waals surface area contributed by atoms with Gasteiger partial charge in [0.2, 0.25) is 5.95 Å². The minimum Gasteiger partial charge on any atom is -0.348 e. The lowest BCUT2D eigenvalue weighted by Gasteiger charge is -2.22. The van der Waals surface area contributed by atoms with Crippen LogP contribution in [0.2, 0.25) is 0 Å². The molecule has 3 rings (SSSR count). The quantitative estimate of drug-likeness (QED) is 0.897. The Hall–Kier alpha value is -2.50. The number of halogens is 1. The maximum absolute atomic E-state index is 13.7. The lowest BCUT2D eigenvalue weighted by atomic mass is 9.95. The standard InChI is InChI=1S/C18H21FN4O/c1-12-11-16(17(24)21-13-7-3-2-4-8-13)23-18(20-12)22-15-10-6-5-9-14(15)19/h5-6,9-11,13H,2-4,7-8H2,1H3,(H,21,24)(H,20,22,23). The summed E-state index contributed by atoms with van der Waals surface area (Å²) in [7, 11) is 0. The second-order valence-corrected chi connectivity index (χ2v) is 6.13. The molecule has 1 saturated carbocycles. The zero-order valence-electron chi connectivity index (χ0n) is 13.7. The van der Waals surface area contributed by atoms with Crippen molar-refractivity contribution in [1.29, 1.82) is 0 Å². The van der Waals surface area contributed by atoms with Crippen molar-refractivity contribution >= 4 is 17.5 Å². The van der Waals surface area contributed by atoms with Crippen LogP contribution in [0.3, 0.4) is 0 Å². The number of para-hydroxylation sites is 1. The van der Waals surface area contributed by atoms with Gasteiger partial charge in [0.1, 0.15) is 11.5 Å². The fraction of sp³-hybridized carbons (Fsp3) is 0.389. The van der Waals surface area contributed by atoms with Crippen molar-refractivity contribution in [2.75, 3.05) is 5.32 Å². The maximum Gasteiger partial charge on any atom is 0.270 e. The number of nitrogens with zero attached hydrogens (tertiary/aromatic N) is 2. The molecule has 5 nitrogen and oxygen atoms in total. The molecule has 0 atom stereocenters. The molecule has 1 aromatic heterocycles. The van der Waals surface area contributed by atoms with E-state index in [4.69, 9.17) is 0 Å². The molecule has 2 aromatic rings. The van der Waals surface area contributed by atoms with Crippen LogP contribution in [0.25, 0.3) is 0 Å². The van der Waals surface area contributed by atoms with E-state index >= 15 is 0 Å². The van der Waals surface area contributed by atoms with E-state index in [1.165, 1.54) is 12.5 Å². The molecule has 1 aromatic carbocycles. The van der Waals surface area contributed by atoms with Gasteiger partial charge in [-0.15, -0.1) is 0 Å². The van der Waals surface area contributed by atoms with Crippen LogP contribution in [0, 0.1) is 12.7 Å². The molecule has 1 fully saturated rings. The molecule has 24 heavy (non-hydrogen) atoms. The van der Waals surface area contributed by atoms with Crippen LogP contribution in [-0.2, 0) is 0 Å². The highest BCUT2D eigenvalue weighted by Crippen LogP contribution is 2.19. The third-order valence-corrected chi connectivity index (χ3v) is 4.15. The summed E-state index contributed by atoms with van der Waals surface area (Å²) >= 11 is 0. The number of anilines is 2. The topological polar surface area (TPSA) is 66.9 Å². The van der Waals surface area contributed by atoms with Crippen LogP contribution in [0.5, 0.6) is 0 Å². The number of hydrogen-bond acceptors (Lipinski definition) is 4. The lowest BCUT2D eigenvalue weighted by Crippen LogP contribution is -2.36. The first-order valence-corrected chi connectivity index (χ1v) is 8.30. The number of benzene rings is 1. The molecule has 1 aliphatic rings. The third-order valence-electron chi connectivity index (χ3n) is 4.15. The Morgan fingerprint density at radius 2 is 1.92 bits per heavy atom. The Morgan fingerprint density at radius 3 is 2.67 bits per heavy atom. The largest absolute Gasteiger partial charge is 0.348 e. The number of rotatable bonds is 4. The van der Waals surface area contributed by atoms with E-state index in [-0.39, 0.29) is 23.6 Å². The highest BCUT2D eigenvalue weighted by Gasteiger charge is 2.18. The van der Waals surface area contributed by atoms with Crippen molar-refractivity contribution in [1.82, 2.24) is 15.3 Å². The van der Waals surface area contributed by atoms with Gasteiger partial charge < -0.3 is 10.6 Å². The van der Waals surface area contributed by atoms with Crippen LogP contribution in [0.1, 0.15) is 48.3 Å². The molecule has 1 aliphatic carbocycles. The van der Waals surface area contributed by atoms with Crippen LogP contribution in [-0.4, -0.2) is 21.9 Å². The summed E-state index contributed by atoms with van der Waals surface area (Å²) in [5.74, 6) is -0.381. The van der Waals surface area contributed by atoms with Gasteiger partial charge in [0.05, 0.1) is 5.69 Å². The molecule has 0 spiro atoms. The van der Waals surface area contributed by atoms with Gasteiger partial charge in [0.25, 0.3) is 5.91 Å². The second kappa shape index (κ2) is 7.38. The van der Waals surface area contributed by atoms with E-state index in [1.807, 2.05) is 0 Å². The SMILES string of the molecule is Cc1cc(C(=O)NC2CCCCC2)nc(Nc2ccccc2F)n1. The molecular weight excluding hydrogens is 307 g/mol. The summed E-state index contributed by atoms with van der Waals surface area (Å²) in [6.07, 6.45) is 5.55. The second-order valence-electron chi connectivity index (χ2n) is 6.13. The molecular formula is C18H21FN4O. The fourth-order valence-corrected chi connectivity index (χ4v) is 2.93. The summed E-state index contributed by atoms with van der Waals surface area (Å²) in [6.45, 7) is 1.78. The van der Waals surface area contributed by atoms with Crippen LogP contribution < -0.4 is 10.6 Å². The van der Waals surface area contributed by atoms with Crippen molar-refractivity contribution in [3.63, 3.8) is 0 Å². The smallest absolute Gasteiger partial charge is 0.270 e. The van der Waals surface area contributed by atoms with Crippen molar-refractivity contribution in [3.8, 4) is 0 Å². The first-order valence-electron chi connectivity index (χ1n) is 8.30. The number of aryl methyl sites for hydroxylation is 1. The summed E-state index contributed by atoms with van der Waals surface area (Å²) in [5, 5.41) is 5.87. The van der Waals surface area contributed by atoms with Gasteiger partial charge in [-0.3, -0.25) is 4.79 Å². The van der Waals surface area contributed by atoms with Crippen molar-refractivity contribution in [3.05, 3.63) is 47.5 Å². The number of aromatic nitrogens is 2. The molecule has 126 valence electrons. The fourth-order valence-electron chi connectivity index (χ4n) is 2.93. The van der Waals surface area contributed by atoms with Gasteiger partial charge in [0, 0.05) is 11.7 Å². The number of hydrogen-bond donors (Lipinski definition) is 2. The van der Waals surface area contributed by atoms with Crippen LogP contribution in [0.15, 0.2) is 30.3 Å². The van der Waals surface area contributed by atoms with Gasteiger partial charge in [-0.1, -0.05) is 31.4 Å². The lowest BCUT2D eigenvalue weighted by molar-refractivity contribution is 0.0922. The molecule has 6 heteroatoms. The Labute approximate surface area is 140 Å². The number of nitrogens with one attached hydrogen (secondary N) is 2. The average molecular weight is 328 g/mol. The Bertz CT molecular complexity index is 729. The number of amides is 1. The Balaban J connectivity index is 1.75. The van der Waals surface area contributed by atoms with E-state index in [1.54, 1.807) is 31.2 Å². The molecule has 0 aliphatic heterocycles. The molecule has 2 N–H and O–H groups in total. The third kappa shape index (κ3) is 4.07. The van der Waals surface area contributed by atoms with E-state index in [0.717, 1.165) is 25.7 Å². The minimum absolute atomic E-state index is 0.205. The van der Waals surface area contributed by atoms with Gasteiger partial charge in [-0.25, -0.2) is 14.4 Å². The molecule has 0 unspecified atom stereocenters. The molecule has 0 radical (unpaired) electrons. The van der Waals surface area contributed by atoms with Crippen LogP contribution >= 0.6 is 0 Å². The molecule has 0 bridgehead atoms. The first kappa shape index (κ1) is 16.4. The minimum atomic E-state index is -0.393. The van der Waals surface area contributed by atoms with Gasteiger partial charge >= 0.3 is 0 Å².